The maximum Gasteiger partial charge on any atom is 0.321 e. The minimum absolute atomic E-state index is 0.0457. The second-order valence-corrected chi connectivity index (χ2v) is 9.44. The third-order valence-electron chi connectivity index (χ3n) is 5.62. The summed E-state index contributed by atoms with van der Waals surface area (Å²) in [6.45, 7) is 4.01. The molecule has 2 fully saturated rings. The summed E-state index contributed by atoms with van der Waals surface area (Å²) in [6, 6.07) is 14.8. The molecule has 0 aliphatic carbocycles. The summed E-state index contributed by atoms with van der Waals surface area (Å²) in [6.07, 6.45) is 1.55. The molecule has 152 valence electrons. The molecule has 2 saturated heterocycles. The molecule has 0 bridgehead atoms. The van der Waals surface area contributed by atoms with Crippen molar-refractivity contribution in [2.24, 2.45) is 0 Å². The summed E-state index contributed by atoms with van der Waals surface area (Å²) in [5, 5.41) is 3.61. The molecule has 4 rings (SSSR count). The highest BCUT2D eigenvalue weighted by atomic mass is 35.5. The first-order chi connectivity index (χ1) is 14.0. The monoisotopic (exact) mass is 429 g/mol. The van der Waals surface area contributed by atoms with Crippen LogP contribution in [0.25, 0.3) is 0 Å². The van der Waals surface area contributed by atoms with Crippen molar-refractivity contribution in [2.75, 3.05) is 30.7 Å². The smallest absolute Gasteiger partial charge is 0.321 e. The van der Waals surface area contributed by atoms with Crippen LogP contribution in [-0.2, 0) is 0 Å². The van der Waals surface area contributed by atoms with Crippen LogP contribution in [0.5, 0.6) is 0 Å². The van der Waals surface area contributed by atoms with Crippen molar-refractivity contribution in [3.8, 4) is 0 Å². The Morgan fingerprint density at radius 1 is 1.07 bits per heavy atom. The Balaban J connectivity index is 1.41. The topological polar surface area (TPSA) is 52.7 Å². The highest BCUT2D eigenvalue weighted by Gasteiger charge is 2.47. The normalized spacial score (nSPS) is 18.1. The number of anilines is 1. The average Bonchev–Trinajstić information content (AvgIpc) is 3.11. The number of rotatable bonds is 2. The number of nitrogens with zero attached hydrogens (tertiary/aromatic N) is 2. The molecule has 1 spiro atoms. The van der Waals surface area contributed by atoms with E-state index in [2.05, 4.69) is 5.32 Å². The number of amides is 3. The van der Waals surface area contributed by atoms with Gasteiger partial charge in [0, 0.05) is 41.7 Å². The van der Waals surface area contributed by atoms with Crippen LogP contribution in [0.1, 0.15) is 28.8 Å². The van der Waals surface area contributed by atoms with Gasteiger partial charge in [-0.1, -0.05) is 23.7 Å². The van der Waals surface area contributed by atoms with Gasteiger partial charge in [0.1, 0.15) is 0 Å². The van der Waals surface area contributed by atoms with Crippen molar-refractivity contribution in [1.82, 2.24) is 9.80 Å². The van der Waals surface area contributed by atoms with E-state index in [0.717, 1.165) is 36.4 Å². The number of carbonyl (C=O) groups is 2. The van der Waals surface area contributed by atoms with Crippen LogP contribution >= 0.6 is 23.4 Å². The molecule has 0 unspecified atom stereocenters. The van der Waals surface area contributed by atoms with Crippen LogP contribution in [0.2, 0.25) is 5.02 Å². The zero-order valence-electron chi connectivity index (χ0n) is 16.4. The second-order valence-electron chi connectivity index (χ2n) is 7.55. The van der Waals surface area contributed by atoms with Gasteiger partial charge in [-0.2, -0.15) is 0 Å². The standard InChI is InChI=1S/C22H24ClN3O2S/c1-16-3-2-4-19(15-16)24-21(28)25-11-9-22(10-12-25)26(13-14-29-22)20(27)17-5-7-18(23)8-6-17/h2-8,15H,9-14H2,1H3,(H,24,28). The number of urea groups is 1. The van der Waals surface area contributed by atoms with E-state index in [9.17, 15) is 9.59 Å². The Morgan fingerprint density at radius 2 is 1.79 bits per heavy atom. The van der Waals surface area contributed by atoms with E-state index in [4.69, 9.17) is 11.6 Å². The Labute approximate surface area is 180 Å². The first-order valence-electron chi connectivity index (χ1n) is 9.81. The number of aryl methyl sites for hydroxylation is 1. The number of benzene rings is 2. The van der Waals surface area contributed by atoms with E-state index in [0.29, 0.717) is 23.7 Å². The molecule has 0 radical (unpaired) electrons. The largest absolute Gasteiger partial charge is 0.324 e. The zero-order chi connectivity index (χ0) is 20.4. The highest BCUT2D eigenvalue weighted by Crippen LogP contribution is 2.44. The van der Waals surface area contributed by atoms with Gasteiger partial charge >= 0.3 is 6.03 Å². The number of halogens is 1. The van der Waals surface area contributed by atoms with Gasteiger partial charge in [0.25, 0.3) is 5.91 Å². The number of nitrogens with one attached hydrogen (secondary N) is 1. The fraction of sp³-hybridized carbons (Fsp3) is 0.364. The first-order valence-corrected chi connectivity index (χ1v) is 11.2. The van der Waals surface area contributed by atoms with E-state index >= 15 is 0 Å². The molecule has 1 N–H and O–H groups in total. The van der Waals surface area contributed by atoms with Crippen LogP contribution < -0.4 is 5.32 Å². The summed E-state index contributed by atoms with van der Waals surface area (Å²) in [5.74, 6) is 0.971. The molecule has 29 heavy (non-hydrogen) atoms. The highest BCUT2D eigenvalue weighted by molar-refractivity contribution is 8.00. The van der Waals surface area contributed by atoms with Crippen molar-refractivity contribution in [3.63, 3.8) is 0 Å². The number of likely N-dealkylation sites (tertiary alicyclic amines) is 1. The van der Waals surface area contributed by atoms with Crippen LogP contribution in [0.3, 0.4) is 0 Å². The van der Waals surface area contributed by atoms with Crippen LogP contribution in [0.4, 0.5) is 10.5 Å². The van der Waals surface area contributed by atoms with Crippen molar-refractivity contribution in [3.05, 3.63) is 64.7 Å². The predicted octanol–water partition coefficient (Wildman–Crippen LogP) is 4.86. The molecular formula is C22H24ClN3O2S. The number of piperidine rings is 1. The molecule has 0 saturated carbocycles. The average molecular weight is 430 g/mol. The van der Waals surface area contributed by atoms with Crippen molar-refractivity contribution in [2.45, 2.75) is 24.6 Å². The zero-order valence-corrected chi connectivity index (χ0v) is 17.9. The summed E-state index contributed by atoms with van der Waals surface area (Å²) in [4.78, 5) is 29.4. The molecule has 0 aromatic heterocycles. The molecule has 7 heteroatoms. The lowest BCUT2D eigenvalue weighted by Crippen LogP contribution is -2.54. The quantitative estimate of drug-likeness (QED) is 0.741. The summed E-state index contributed by atoms with van der Waals surface area (Å²) in [7, 11) is 0. The number of thioether (sulfide) groups is 1. The van der Waals surface area contributed by atoms with E-state index in [-0.39, 0.29) is 16.8 Å². The number of hydrogen-bond donors (Lipinski definition) is 1. The molecule has 3 amide bonds. The van der Waals surface area contributed by atoms with Gasteiger partial charge in [0.2, 0.25) is 0 Å². The van der Waals surface area contributed by atoms with E-state index in [1.807, 2.05) is 52.8 Å². The molecule has 0 atom stereocenters. The fourth-order valence-electron chi connectivity index (χ4n) is 4.04. The maximum absolute atomic E-state index is 13.1. The Bertz CT molecular complexity index is 911. The van der Waals surface area contributed by atoms with E-state index in [1.165, 1.54) is 0 Å². The molecule has 2 aliphatic rings. The molecule has 2 aromatic carbocycles. The number of hydrogen-bond acceptors (Lipinski definition) is 3. The molecule has 2 aromatic rings. The van der Waals surface area contributed by atoms with Gasteiger partial charge in [0.05, 0.1) is 4.87 Å². The predicted molar refractivity (Wildman–Crippen MR) is 119 cm³/mol. The van der Waals surface area contributed by atoms with Crippen molar-refractivity contribution >= 4 is 41.0 Å². The minimum atomic E-state index is -0.225. The molecule has 2 aliphatic heterocycles. The summed E-state index contributed by atoms with van der Waals surface area (Å²) >= 11 is 7.80. The molecular weight excluding hydrogens is 406 g/mol. The lowest BCUT2D eigenvalue weighted by atomic mass is 10.0. The Kier molecular flexibility index (Phi) is 5.74. The number of carbonyl (C=O) groups excluding carboxylic acids is 2. The molecule has 2 heterocycles. The van der Waals surface area contributed by atoms with Gasteiger partial charge in [0.15, 0.2) is 0 Å². The third-order valence-corrected chi connectivity index (χ3v) is 7.42. The second kappa shape index (κ2) is 8.28. The van der Waals surface area contributed by atoms with Gasteiger partial charge < -0.3 is 15.1 Å². The van der Waals surface area contributed by atoms with Crippen molar-refractivity contribution in [1.29, 1.82) is 0 Å². The lowest BCUT2D eigenvalue weighted by molar-refractivity contribution is 0.0585. The van der Waals surface area contributed by atoms with Crippen molar-refractivity contribution < 1.29 is 9.59 Å². The third kappa shape index (κ3) is 4.23. The van der Waals surface area contributed by atoms with Crippen LogP contribution in [-0.4, -0.2) is 52.0 Å². The van der Waals surface area contributed by atoms with E-state index < -0.39 is 0 Å². The van der Waals surface area contributed by atoms with Gasteiger partial charge in [-0.15, -0.1) is 11.8 Å². The summed E-state index contributed by atoms with van der Waals surface area (Å²) in [5.41, 5.74) is 2.58. The van der Waals surface area contributed by atoms with Gasteiger partial charge in [-0.05, 0) is 61.7 Å². The van der Waals surface area contributed by atoms with Crippen LogP contribution in [0.15, 0.2) is 48.5 Å². The lowest BCUT2D eigenvalue weighted by Gasteiger charge is -2.44. The fourth-order valence-corrected chi connectivity index (χ4v) is 5.62. The van der Waals surface area contributed by atoms with Gasteiger partial charge in [-0.25, -0.2) is 4.79 Å². The maximum atomic E-state index is 13.1. The molecule has 5 nitrogen and oxygen atoms in total. The van der Waals surface area contributed by atoms with Crippen LogP contribution in [0, 0.1) is 6.92 Å². The summed E-state index contributed by atoms with van der Waals surface area (Å²) < 4.78 is 0. The minimum Gasteiger partial charge on any atom is -0.324 e. The van der Waals surface area contributed by atoms with Gasteiger partial charge in [-0.3, -0.25) is 4.79 Å². The van der Waals surface area contributed by atoms with E-state index in [1.54, 1.807) is 24.3 Å². The Morgan fingerprint density at radius 3 is 2.48 bits per heavy atom. The first kappa shape index (κ1) is 20.1. The Hall–Kier alpha value is -2.18. The SMILES string of the molecule is Cc1cccc(NC(=O)N2CCC3(CC2)SCCN3C(=O)c2ccc(Cl)cc2)c1.